The van der Waals surface area contributed by atoms with Crippen molar-refractivity contribution in [1.29, 1.82) is 0 Å². The molecule has 1 aliphatic rings. The Balaban J connectivity index is 1.35. The Morgan fingerprint density at radius 3 is 2.34 bits per heavy atom. The van der Waals surface area contributed by atoms with Gasteiger partial charge in [-0.3, -0.25) is 10.1 Å². The molecule has 230 valence electrons. The van der Waals surface area contributed by atoms with Crippen LogP contribution in [0.15, 0.2) is 77.8 Å². The maximum absolute atomic E-state index is 14.5. The molecule has 1 unspecified atom stereocenters. The zero-order valence-corrected chi connectivity index (χ0v) is 25.0. The number of aromatic nitrogens is 1. The van der Waals surface area contributed by atoms with Gasteiger partial charge in [-0.15, -0.1) is 0 Å². The van der Waals surface area contributed by atoms with Crippen LogP contribution in [0.1, 0.15) is 41.3 Å². The summed E-state index contributed by atoms with van der Waals surface area (Å²) in [5.41, 5.74) is 0.570. The molecule has 0 radical (unpaired) electrons. The Morgan fingerprint density at radius 1 is 0.977 bits per heavy atom. The third-order valence-corrected chi connectivity index (χ3v) is 9.42. The van der Waals surface area contributed by atoms with Gasteiger partial charge in [-0.1, -0.05) is 29.9 Å². The van der Waals surface area contributed by atoms with Crippen molar-refractivity contribution in [2.75, 3.05) is 25.5 Å². The van der Waals surface area contributed by atoms with Crippen LogP contribution in [-0.4, -0.2) is 49.8 Å². The maximum atomic E-state index is 14.5. The quantitative estimate of drug-likeness (QED) is 0.211. The molecule has 2 heterocycles. The molecule has 5 rings (SSSR count). The molecule has 10 nitrogen and oxygen atoms in total. The standard InChI is InChI=1S/C30H27F2N3O7S2/c1-40-29(37)20-5-10-22(11-6-20)41-26-18-33-30(43-26)34-28(36)27(42-25-14-9-21(31)17-24(25)32)19-7-12-23(13-8-19)44(38,39)35-15-3-2-4-16-35/h5-14,17-18,27H,2-4,15-16H2,1H3,(H,33,34,36). The van der Waals surface area contributed by atoms with E-state index >= 15 is 0 Å². The summed E-state index contributed by atoms with van der Waals surface area (Å²) >= 11 is 0.996. The van der Waals surface area contributed by atoms with E-state index in [2.05, 4.69) is 15.0 Å². The number of rotatable bonds is 10. The van der Waals surface area contributed by atoms with Gasteiger partial charge < -0.3 is 14.2 Å². The first kappa shape index (κ1) is 31.0. The first-order valence-corrected chi connectivity index (χ1v) is 15.7. The largest absolute Gasteiger partial charge is 0.473 e. The normalized spacial score (nSPS) is 14.4. The zero-order chi connectivity index (χ0) is 31.3. The Morgan fingerprint density at radius 2 is 1.68 bits per heavy atom. The molecule has 1 N–H and O–H groups in total. The van der Waals surface area contributed by atoms with Crippen LogP contribution >= 0.6 is 11.3 Å². The summed E-state index contributed by atoms with van der Waals surface area (Å²) in [4.78, 5) is 29.3. The number of carbonyl (C=O) groups excluding carboxylic acids is 2. The van der Waals surface area contributed by atoms with Crippen molar-refractivity contribution in [3.8, 4) is 16.6 Å². The van der Waals surface area contributed by atoms with Crippen LogP contribution in [0.5, 0.6) is 16.6 Å². The molecular formula is C30H27F2N3O7S2. The number of nitrogens with one attached hydrogen (secondary N) is 1. The van der Waals surface area contributed by atoms with Crippen molar-refractivity contribution in [2.24, 2.45) is 0 Å². The van der Waals surface area contributed by atoms with Crippen molar-refractivity contribution >= 4 is 38.4 Å². The molecule has 0 saturated carbocycles. The number of hydrogen-bond acceptors (Lipinski definition) is 9. The lowest BCUT2D eigenvalue weighted by Crippen LogP contribution is -2.35. The number of ether oxygens (including phenoxy) is 3. The predicted molar refractivity (Wildman–Crippen MR) is 157 cm³/mol. The topological polar surface area (TPSA) is 124 Å². The van der Waals surface area contributed by atoms with Gasteiger partial charge in [0.15, 0.2) is 16.7 Å². The summed E-state index contributed by atoms with van der Waals surface area (Å²) in [5, 5.41) is 3.06. The van der Waals surface area contributed by atoms with E-state index in [0.29, 0.717) is 35.5 Å². The van der Waals surface area contributed by atoms with Gasteiger partial charge in [0.25, 0.3) is 5.91 Å². The van der Waals surface area contributed by atoms with Crippen LogP contribution in [0.3, 0.4) is 0 Å². The third kappa shape index (κ3) is 7.21. The fourth-order valence-corrected chi connectivity index (χ4v) is 6.68. The number of methoxy groups -OCH3 is 1. The highest BCUT2D eigenvalue weighted by molar-refractivity contribution is 7.89. The second-order valence-electron chi connectivity index (χ2n) is 9.70. The molecule has 1 fully saturated rings. The van der Waals surface area contributed by atoms with E-state index in [9.17, 15) is 26.8 Å². The smallest absolute Gasteiger partial charge is 0.337 e. The van der Waals surface area contributed by atoms with Gasteiger partial charge in [0.2, 0.25) is 21.2 Å². The second kappa shape index (κ2) is 13.5. The van der Waals surface area contributed by atoms with Crippen molar-refractivity contribution in [2.45, 2.75) is 30.3 Å². The van der Waals surface area contributed by atoms with E-state index in [0.717, 1.165) is 42.7 Å². The number of hydrogen-bond donors (Lipinski definition) is 1. The zero-order valence-electron chi connectivity index (χ0n) is 23.4. The molecule has 1 aromatic heterocycles. The average Bonchev–Trinajstić information content (AvgIpc) is 3.47. The van der Waals surface area contributed by atoms with Crippen molar-refractivity contribution in [3.63, 3.8) is 0 Å². The Labute approximate surface area is 256 Å². The molecule has 1 atom stereocenters. The number of amides is 1. The monoisotopic (exact) mass is 643 g/mol. The molecule has 1 aliphatic heterocycles. The van der Waals surface area contributed by atoms with E-state index in [4.69, 9.17) is 9.47 Å². The summed E-state index contributed by atoms with van der Waals surface area (Å²) in [7, 11) is -2.45. The van der Waals surface area contributed by atoms with Gasteiger partial charge in [-0.05, 0) is 61.4 Å². The fraction of sp³-hybridized carbons (Fsp3) is 0.233. The van der Waals surface area contributed by atoms with Crippen LogP contribution in [0.2, 0.25) is 0 Å². The Hall–Kier alpha value is -4.40. The highest BCUT2D eigenvalue weighted by Gasteiger charge is 2.29. The molecule has 14 heteroatoms. The van der Waals surface area contributed by atoms with Crippen molar-refractivity contribution in [3.05, 3.63) is 95.7 Å². The van der Waals surface area contributed by atoms with E-state index in [1.165, 1.54) is 54.0 Å². The lowest BCUT2D eigenvalue weighted by atomic mass is 10.1. The van der Waals surface area contributed by atoms with E-state index in [1.54, 1.807) is 12.1 Å². The van der Waals surface area contributed by atoms with Crippen LogP contribution in [0.4, 0.5) is 13.9 Å². The molecule has 0 spiro atoms. The van der Waals surface area contributed by atoms with Gasteiger partial charge in [-0.25, -0.2) is 27.0 Å². The van der Waals surface area contributed by atoms with Crippen LogP contribution in [0.25, 0.3) is 0 Å². The van der Waals surface area contributed by atoms with Crippen molar-refractivity contribution < 1.29 is 41.0 Å². The number of piperidine rings is 1. The maximum Gasteiger partial charge on any atom is 0.337 e. The second-order valence-corrected chi connectivity index (χ2v) is 12.6. The number of sulfonamides is 1. The third-order valence-electron chi connectivity index (χ3n) is 6.72. The number of thiazole rings is 1. The van der Waals surface area contributed by atoms with Crippen LogP contribution < -0.4 is 14.8 Å². The molecular weight excluding hydrogens is 616 g/mol. The SMILES string of the molecule is COC(=O)c1ccc(Oc2cnc(NC(=O)C(Oc3ccc(F)cc3F)c3ccc(S(=O)(=O)N4CCCCC4)cc3)s2)cc1. The number of benzene rings is 3. The van der Waals surface area contributed by atoms with E-state index < -0.39 is 39.6 Å². The summed E-state index contributed by atoms with van der Waals surface area (Å²) in [5.74, 6) is -3.05. The molecule has 3 aromatic carbocycles. The minimum atomic E-state index is -3.73. The first-order valence-electron chi connectivity index (χ1n) is 13.5. The molecule has 0 aliphatic carbocycles. The summed E-state index contributed by atoms with van der Waals surface area (Å²) < 4.78 is 71.8. The molecule has 44 heavy (non-hydrogen) atoms. The number of nitrogens with zero attached hydrogens (tertiary/aromatic N) is 2. The minimum absolute atomic E-state index is 0.0524. The Bertz CT molecular complexity index is 1740. The van der Waals surface area contributed by atoms with Crippen LogP contribution in [-0.2, 0) is 19.6 Å². The summed E-state index contributed by atoms with van der Waals surface area (Å²) in [6.07, 6.45) is 2.45. The minimum Gasteiger partial charge on any atom is -0.473 e. The highest BCUT2D eigenvalue weighted by atomic mass is 32.2. The van der Waals surface area contributed by atoms with Crippen molar-refractivity contribution in [1.82, 2.24) is 9.29 Å². The number of esters is 1. The lowest BCUT2D eigenvalue weighted by molar-refractivity contribution is -0.123. The molecule has 1 amide bonds. The number of anilines is 1. The fourth-order valence-electron chi connectivity index (χ4n) is 4.47. The average molecular weight is 644 g/mol. The lowest BCUT2D eigenvalue weighted by Gasteiger charge is -2.26. The Kier molecular flexibility index (Phi) is 9.52. The van der Waals surface area contributed by atoms with Gasteiger partial charge in [0.1, 0.15) is 11.6 Å². The predicted octanol–water partition coefficient (Wildman–Crippen LogP) is 5.93. The van der Waals surface area contributed by atoms with Gasteiger partial charge >= 0.3 is 5.97 Å². The number of halogens is 2. The first-order chi connectivity index (χ1) is 21.1. The van der Waals surface area contributed by atoms with Gasteiger partial charge in [-0.2, -0.15) is 4.31 Å². The molecule has 1 saturated heterocycles. The van der Waals surface area contributed by atoms with Gasteiger partial charge in [0.05, 0.1) is 23.8 Å². The summed E-state index contributed by atoms with van der Waals surface area (Å²) in [6.45, 7) is 0.862. The molecule has 4 aromatic rings. The van der Waals surface area contributed by atoms with E-state index in [-0.39, 0.29) is 21.3 Å². The highest BCUT2D eigenvalue weighted by Crippen LogP contribution is 2.33. The summed E-state index contributed by atoms with van der Waals surface area (Å²) in [6, 6.07) is 14.4. The van der Waals surface area contributed by atoms with E-state index in [1.807, 2.05) is 0 Å². The van der Waals surface area contributed by atoms with Crippen LogP contribution in [0, 0.1) is 11.6 Å². The number of carbonyl (C=O) groups is 2. The molecule has 0 bridgehead atoms. The van der Waals surface area contributed by atoms with Gasteiger partial charge in [0, 0.05) is 24.7 Å².